The molecular weight excluding hydrogens is 292 g/mol. The number of aryl methyl sites for hydroxylation is 1. The summed E-state index contributed by atoms with van der Waals surface area (Å²) in [7, 11) is 0. The molecule has 100 valence electrons. The highest BCUT2D eigenvalue weighted by Crippen LogP contribution is 2.25. The number of hydrogen-bond donors (Lipinski definition) is 2. The third kappa shape index (κ3) is 2.35. The van der Waals surface area contributed by atoms with Crippen LogP contribution in [0.25, 0.3) is 12.2 Å². The molecule has 0 bridgehead atoms. The monoisotopic (exact) mass is 302 g/mol. The molecular formula is C14H10N2O2S2. The molecule has 0 radical (unpaired) electrons. The average Bonchev–Trinajstić information content (AvgIpc) is 2.69. The van der Waals surface area contributed by atoms with Gasteiger partial charge in [-0.2, -0.15) is 0 Å². The van der Waals surface area contributed by atoms with Gasteiger partial charge in [0.15, 0.2) is 3.95 Å². The van der Waals surface area contributed by atoms with E-state index in [0.29, 0.717) is 19.8 Å². The average molecular weight is 302 g/mol. The number of fused-ring (bicyclic) bond motifs is 1. The zero-order valence-electron chi connectivity index (χ0n) is 10.5. The van der Waals surface area contributed by atoms with Crippen molar-refractivity contribution in [1.82, 2.24) is 4.98 Å². The molecule has 2 heterocycles. The van der Waals surface area contributed by atoms with Crippen molar-refractivity contribution in [3.05, 3.63) is 48.7 Å². The molecule has 1 aliphatic heterocycles. The summed E-state index contributed by atoms with van der Waals surface area (Å²) in [5, 5.41) is 11.2. The highest BCUT2D eigenvalue weighted by molar-refractivity contribution is 7.73. The summed E-state index contributed by atoms with van der Waals surface area (Å²) >= 11 is 6.16. The number of carbonyl (C=O) groups is 1. The Kier molecular flexibility index (Phi) is 3.11. The van der Waals surface area contributed by atoms with Gasteiger partial charge in [-0.3, -0.25) is 4.79 Å². The van der Waals surface area contributed by atoms with Crippen LogP contribution >= 0.6 is 23.6 Å². The second kappa shape index (κ2) is 4.81. The molecule has 0 spiro atoms. The molecule has 2 aromatic rings. The first kappa shape index (κ1) is 13.0. The normalized spacial score (nSPS) is 15.7. The van der Waals surface area contributed by atoms with Gasteiger partial charge in [0.2, 0.25) is 5.88 Å². The maximum absolute atomic E-state index is 12.0. The zero-order valence-corrected chi connectivity index (χ0v) is 12.1. The van der Waals surface area contributed by atoms with E-state index in [2.05, 4.69) is 9.98 Å². The molecule has 1 aliphatic rings. The number of aromatic hydroxyl groups is 1. The van der Waals surface area contributed by atoms with Crippen molar-refractivity contribution in [2.75, 3.05) is 0 Å². The molecule has 0 unspecified atom stereocenters. The summed E-state index contributed by atoms with van der Waals surface area (Å²) < 4.78 is 0.463. The number of rotatable bonds is 1. The summed E-state index contributed by atoms with van der Waals surface area (Å²) in [6.07, 6.45) is 3.37. The molecule has 0 atom stereocenters. The molecule has 1 aromatic heterocycles. The molecule has 20 heavy (non-hydrogen) atoms. The molecule has 0 fully saturated rings. The van der Waals surface area contributed by atoms with E-state index >= 15 is 0 Å². The van der Waals surface area contributed by atoms with E-state index in [9.17, 15) is 9.90 Å². The minimum atomic E-state index is -0.318. The van der Waals surface area contributed by atoms with Crippen LogP contribution in [0.4, 0.5) is 0 Å². The van der Waals surface area contributed by atoms with E-state index in [0.717, 1.165) is 10.8 Å². The van der Waals surface area contributed by atoms with Gasteiger partial charge < -0.3 is 10.1 Å². The van der Waals surface area contributed by atoms with Crippen LogP contribution in [0, 0.1) is 10.9 Å². The predicted octanol–water partition coefficient (Wildman–Crippen LogP) is 1.84. The fourth-order valence-corrected chi connectivity index (χ4v) is 3.00. The van der Waals surface area contributed by atoms with Crippen molar-refractivity contribution in [3.8, 4) is 5.88 Å². The van der Waals surface area contributed by atoms with Gasteiger partial charge in [0.05, 0.1) is 10.2 Å². The maximum Gasteiger partial charge on any atom is 0.277 e. The minimum Gasteiger partial charge on any atom is -0.494 e. The lowest BCUT2D eigenvalue weighted by atomic mass is 10.1. The number of nitrogens with zero attached hydrogens (tertiary/aromatic N) is 1. The molecule has 1 aromatic carbocycles. The lowest BCUT2D eigenvalue weighted by Crippen LogP contribution is -2.30. The number of amides is 1. The number of carbonyl (C=O) groups excluding carboxylic acids is 1. The summed E-state index contributed by atoms with van der Waals surface area (Å²) in [4.78, 5) is 19.2. The van der Waals surface area contributed by atoms with Gasteiger partial charge in [-0.05, 0) is 42.9 Å². The highest BCUT2D eigenvalue weighted by Gasteiger charge is 2.12. The van der Waals surface area contributed by atoms with Crippen molar-refractivity contribution < 1.29 is 9.90 Å². The first-order valence-corrected chi connectivity index (χ1v) is 7.10. The van der Waals surface area contributed by atoms with Gasteiger partial charge >= 0.3 is 0 Å². The summed E-state index contributed by atoms with van der Waals surface area (Å²) in [6.45, 7) is 1.95. The van der Waals surface area contributed by atoms with Crippen LogP contribution in [0.1, 0.15) is 10.4 Å². The Balaban J connectivity index is 2.17. The van der Waals surface area contributed by atoms with Crippen LogP contribution in [0.2, 0.25) is 0 Å². The van der Waals surface area contributed by atoms with Crippen LogP contribution < -0.4 is 10.6 Å². The number of H-pyrrole nitrogens is 1. The van der Waals surface area contributed by atoms with Gasteiger partial charge in [-0.1, -0.05) is 12.1 Å². The molecule has 2 N–H and O–H groups in total. The van der Waals surface area contributed by atoms with Gasteiger partial charge in [0, 0.05) is 10.8 Å². The standard InChI is InChI=1S/C14H10N2O2S2/c1-7-2-3-8-5-9(12(17)15-10(8)4-7)6-11-13(18)16-14(19)20-11/h2-6,18H,1H3,(H,16,19). The van der Waals surface area contributed by atoms with Gasteiger partial charge in [-0.25, -0.2) is 4.99 Å². The fourth-order valence-electron chi connectivity index (χ4n) is 1.95. The Morgan fingerprint density at radius 3 is 2.95 bits per heavy atom. The topological polar surface area (TPSA) is 65.5 Å². The number of hydrogen-bond acceptors (Lipinski definition) is 4. The first-order valence-electron chi connectivity index (χ1n) is 5.88. The maximum atomic E-state index is 12.0. The Hall–Kier alpha value is -2.05. The van der Waals surface area contributed by atoms with Crippen molar-refractivity contribution >= 4 is 41.6 Å². The SMILES string of the molecule is Cc1ccc2c(c1)=NC(=O)C(=Cc1sc(=S)[nH]c1O)C=2. The number of benzene rings is 1. The van der Waals surface area contributed by atoms with E-state index < -0.39 is 0 Å². The number of nitrogens with one attached hydrogen (secondary N) is 1. The third-order valence-electron chi connectivity index (χ3n) is 2.91. The summed E-state index contributed by atoms with van der Waals surface area (Å²) in [6, 6.07) is 5.77. The predicted molar refractivity (Wildman–Crippen MR) is 80.6 cm³/mol. The van der Waals surface area contributed by atoms with Crippen molar-refractivity contribution in [2.45, 2.75) is 6.92 Å². The molecule has 3 rings (SSSR count). The van der Waals surface area contributed by atoms with E-state index in [-0.39, 0.29) is 11.8 Å². The number of thiazole rings is 1. The van der Waals surface area contributed by atoms with Gasteiger partial charge in [0.1, 0.15) is 0 Å². The van der Waals surface area contributed by atoms with Crippen LogP contribution in [-0.4, -0.2) is 16.0 Å². The van der Waals surface area contributed by atoms with Gasteiger partial charge in [0.25, 0.3) is 5.91 Å². The lowest BCUT2D eigenvalue weighted by Gasteiger charge is -2.03. The first-order chi connectivity index (χ1) is 9.52. The van der Waals surface area contributed by atoms with Crippen LogP contribution in [-0.2, 0) is 4.79 Å². The Labute approximate surface area is 123 Å². The van der Waals surface area contributed by atoms with Gasteiger partial charge in [-0.15, -0.1) is 11.3 Å². The number of aromatic nitrogens is 1. The van der Waals surface area contributed by atoms with Crippen molar-refractivity contribution in [3.63, 3.8) is 0 Å². The molecule has 6 heteroatoms. The molecule has 0 saturated heterocycles. The summed E-state index contributed by atoms with van der Waals surface area (Å²) in [5.41, 5.74) is 1.49. The number of aromatic amines is 1. The molecule has 0 aliphatic carbocycles. The minimum absolute atomic E-state index is 0.0246. The van der Waals surface area contributed by atoms with Crippen LogP contribution in [0.15, 0.2) is 28.8 Å². The smallest absolute Gasteiger partial charge is 0.277 e. The molecule has 1 amide bonds. The third-order valence-corrected chi connectivity index (χ3v) is 4.08. The Bertz CT molecular complexity index is 919. The van der Waals surface area contributed by atoms with Crippen molar-refractivity contribution in [2.24, 2.45) is 4.99 Å². The largest absolute Gasteiger partial charge is 0.494 e. The second-order valence-electron chi connectivity index (χ2n) is 4.45. The highest BCUT2D eigenvalue weighted by atomic mass is 32.1. The van der Waals surface area contributed by atoms with Crippen LogP contribution in [0.5, 0.6) is 5.88 Å². The zero-order chi connectivity index (χ0) is 14.3. The Morgan fingerprint density at radius 1 is 1.45 bits per heavy atom. The Morgan fingerprint density at radius 2 is 2.25 bits per heavy atom. The quantitative estimate of drug-likeness (QED) is 0.624. The lowest BCUT2D eigenvalue weighted by molar-refractivity contribution is -0.114. The molecule has 4 nitrogen and oxygen atoms in total. The molecule has 0 saturated carbocycles. The van der Waals surface area contributed by atoms with Crippen LogP contribution in [0.3, 0.4) is 0 Å². The fraction of sp³-hybridized carbons (Fsp3) is 0.0714. The van der Waals surface area contributed by atoms with Crippen molar-refractivity contribution in [1.29, 1.82) is 0 Å². The van der Waals surface area contributed by atoms with E-state index in [1.54, 1.807) is 12.2 Å². The van der Waals surface area contributed by atoms with E-state index in [4.69, 9.17) is 12.2 Å². The van der Waals surface area contributed by atoms with E-state index in [1.165, 1.54) is 11.3 Å². The second-order valence-corrected chi connectivity index (χ2v) is 6.17. The van der Waals surface area contributed by atoms with E-state index in [1.807, 2.05) is 25.1 Å². The summed E-state index contributed by atoms with van der Waals surface area (Å²) in [5.74, 6) is -0.342.